The smallest absolute Gasteiger partial charge is 0.316 e. The minimum Gasteiger partial charge on any atom is -0.462 e. The first-order valence-corrected chi connectivity index (χ1v) is 5.44. The highest BCUT2D eigenvalue weighted by Gasteiger charge is 2.54. The molecule has 2 bridgehead atoms. The fourth-order valence-electron chi connectivity index (χ4n) is 2.65. The highest BCUT2D eigenvalue weighted by Crippen LogP contribution is 2.53. The molecule has 1 fully saturated rings. The zero-order chi connectivity index (χ0) is 11.1. The van der Waals surface area contributed by atoms with E-state index in [0.717, 1.165) is 19.1 Å². The Morgan fingerprint density at radius 1 is 1.60 bits per heavy atom. The summed E-state index contributed by atoms with van der Waals surface area (Å²) in [4.78, 5) is 22.9. The SMILES string of the molecule is CC(C)OC(=O)C12C=CC(CC1C=O)C2. The van der Waals surface area contributed by atoms with Crippen LogP contribution in [-0.2, 0) is 14.3 Å². The number of rotatable bonds is 3. The number of hydrogen-bond donors (Lipinski definition) is 0. The Balaban J connectivity index is 2.21. The third-order valence-electron chi connectivity index (χ3n) is 3.37. The van der Waals surface area contributed by atoms with Crippen molar-refractivity contribution in [2.24, 2.45) is 17.3 Å². The van der Waals surface area contributed by atoms with E-state index in [1.807, 2.05) is 26.0 Å². The average Bonchev–Trinajstić information content (AvgIpc) is 2.74. The number of ether oxygens (including phenoxy) is 1. The van der Waals surface area contributed by atoms with Gasteiger partial charge in [-0.3, -0.25) is 4.79 Å². The quantitative estimate of drug-likeness (QED) is 0.403. The average molecular weight is 208 g/mol. The molecule has 2 aliphatic rings. The predicted octanol–water partition coefficient (Wildman–Crippen LogP) is 1.72. The number of fused-ring (bicyclic) bond motifs is 2. The maximum absolute atomic E-state index is 12.0. The van der Waals surface area contributed by atoms with Gasteiger partial charge in [-0.15, -0.1) is 0 Å². The summed E-state index contributed by atoms with van der Waals surface area (Å²) < 4.78 is 5.24. The third kappa shape index (κ3) is 1.50. The molecule has 3 nitrogen and oxygen atoms in total. The number of carbonyl (C=O) groups is 2. The summed E-state index contributed by atoms with van der Waals surface area (Å²) in [5.41, 5.74) is -0.642. The summed E-state index contributed by atoms with van der Waals surface area (Å²) in [6, 6.07) is 0. The molecule has 15 heavy (non-hydrogen) atoms. The van der Waals surface area contributed by atoms with Gasteiger partial charge in [0.05, 0.1) is 11.5 Å². The van der Waals surface area contributed by atoms with Gasteiger partial charge in [-0.25, -0.2) is 0 Å². The van der Waals surface area contributed by atoms with Gasteiger partial charge in [0.15, 0.2) is 0 Å². The van der Waals surface area contributed by atoms with E-state index >= 15 is 0 Å². The summed E-state index contributed by atoms with van der Waals surface area (Å²) in [7, 11) is 0. The topological polar surface area (TPSA) is 43.4 Å². The second kappa shape index (κ2) is 3.47. The van der Waals surface area contributed by atoms with Crippen molar-refractivity contribution in [3.05, 3.63) is 12.2 Å². The van der Waals surface area contributed by atoms with Crippen molar-refractivity contribution < 1.29 is 14.3 Å². The maximum Gasteiger partial charge on any atom is 0.316 e. The molecule has 0 saturated heterocycles. The van der Waals surface area contributed by atoms with Gasteiger partial charge in [-0.1, -0.05) is 12.2 Å². The van der Waals surface area contributed by atoms with Gasteiger partial charge in [0.2, 0.25) is 0 Å². The highest BCUT2D eigenvalue weighted by molar-refractivity contribution is 5.85. The molecule has 3 atom stereocenters. The van der Waals surface area contributed by atoms with Crippen LogP contribution in [0.2, 0.25) is 0 Å². The second-order valence-electron chi connectivity index (χ2n) is 4.80. The van der Waals surface area contributed by atoms with Gasteiger partial charge in [-0.2, -0.15) is 0 Å². The summed E-state index contributed by atoms with van der Waals surface area (Å²) in [5, 5.41) is 0. The lowest BCUT2D eigenvalue weighted by molar-refractivity contribution is -0.159. The van der Waals surface area contributed by atoms with Crippen LogP contribution < -0.4 is 0 Å². The van der Waals surface area contributed by atoms with Crippen molar-refractivity contribution in [1.82, 2.24) is 0 Å². The van der Waals surface area contributed by atoms with Crippen molar-refractivity contribution in [3.8, 4) is 0 Å². The first-order chi connectivity index (χ1) is 7.08. The van der Waals surface area contributed by atoms with Gasteiger partial charge in [0.25, 0.3) is 0 Å². The molecule has 3 heteroatoms. The van der Waals surface area contributed by atoms with E-state index in [9.17, 15) is 9.59 Å². The first-order valence-electron chi connectivity index (χ1n) is 5.44. The van der Waals surface area contributed by atoms with Crippen LogP contribution in [0.4, 0.5) is 0 Å². The Labute approximate surface area is 89.5 Å². The van der Waals surface area contributed by atoms with E-state index in [0.29, 0.717) is 5.92 Å². The number of esters is 1. The van der Waals surface area contributed by atoms with Crippen molar-refractivity contribution in [1.29, 1.82) is 0 Å². The zero-order valence-electron chi connectivity index (χ0n) is 9.10. The van der Waals surface area contributed by atoms with E-state index in [2.05, 4.69) is 0 Å². The Morgan fingerprint density at radius 3 is 2.87 bits per heavy atom. The van der Waals surface area contributed by atoms with Crippen LogP contribution in [0, 0.1) is 17.3 Å². The minimum atomic E-state index is -0.642. The predicted molar refractivity (Wildman–Crippen MR) is 55.1 cm³/mol. The second-order valence-corrected chi connectivity index (χ2v) is 4.80. The molecule has 2 aliphatic carbocycles. The monoisotopic (exact) mass is 208 g/mol. The standard InChI is InChI=1S/C12H16O3/c1-8(2)15-11(14)12-4-3-9(6-12)5-10(12)7-13/h3-4,7-10H,5-6H2,1-2H3. The molecule has 0 radical (unpaired) electrons. The van der Waals surface area contributed by atoms with Crippen LogP contribution in [-0.4, -0.2) is 18.4 Å². The molecule has 0 aromatic carbocycles. The maximum atomic E-state index is 12.0. The Morgan fingerprint density at radius 2 is 2.33 bits per heavy atom. The molecule has 0 spiro atoms. The summed E-state index contributed by atoms with van der Waals surface area (Å²) in [6.45, 7) is 3.66. The van der Waals surface area contributed by atoms with E-state index in [1.165, 1.54) is 0 Å². The Kier molecular flexibility index (Phi) is 2.41. The molecule has 1 saturated carbocycles. The van der Waals surface area contributed by atoms with E-state index < -0.39 is 5.41 Å². The molecule has 3 unspecified atom stereocenters. The normalized spacial score (nSPS) is 37.3. The van der Waals surface area contributed by atoms with Crippen LogP contribution in [0.25, 0.3) is 0 Å². The van der Waals surface area contributed by atoms with E-state index in [4.69, 9.17) is 4.74 Å². The Bertz CT molecular complexity index is 319. The van der Waals surface area contributed by atoms with Crippen molar-refractivity contribution in [2.75, 3.05) is 0 Å². The summed E-state index contributed by atoms with van der Waals surface area (Å²) in [5.74, 6) is -0.0236. The zero-order valence-corrected chi connectivity index (χ0v) is 9.10. The molecule has 0 aliphatic heterocycles. The molecule has 2 rings (SSSR count). The van der Waals surface area contributed by atoms with Gasteiger partial charge in [-0.05, 0) is 32.6 Å². The summed E-state index contributed by atoms with van der Waals surface area (Å²) in [6.07, 6.45) is 6.26. The lowest BCUT2D eigenvalue weighted by Gasteiger charge is -2.27. The van der Waals surface area contributed by atoms with Crippen LogP contribution in [0.1, 0.15) is 26.7 Å². The minimum absolute atomic E-state index is 0.118. The van der Waals surface area contributed by atoms with Crippen molar-refractivity contribution >= 4 is 12.3 Å². The van der Waals surface area contributed by atoms with Gasteiger partial charge >= 0.3 is 5.97 Å². The number of allylic oxidation sites excluding steroid dienone is 1. The molecule has 0 aromatic heterocycles. The van der Waals surface area contributed by atoms with E-state index in [-0.39, 0.29) is 18.0 Å². The molecule has 82 valence electrons. The fourth-order valence-corrected chi connectivity index (χ4v) is 2.65. The van der Waals surface area contributed by atoms with Gasteiger partial charge in [0, 0.05) is 5.92 Å². The Hall–Kier alpha value is -1.12. The number of hydrogen-bond acceptors (Lipinski definition) is 3. The van der Waals surface area contributed by atoms with Crippen molar-refractivity contribution in [3.63, 3.8) is 0 Å². The lowest BCUT2D eigenvalue weighted by atomic mass is 9.79. The molecule has 0 heterocycles. The largest absolute Gasteiger partial charge is 0.462 e. The lowest BCUT2D eigenvalue weighted by Crippen LogP contribution is -2.36. The first kappa shape index (κ1) is 10.4. The summed E-state index contributed by atoms with van der Waals surface area (Å²) >= 11 is 0. The van der Waals surface area contributed by atoms with Crippen LogP contribution in [0.3, 0.4) is 0 Å². The molecular formula is C12H16O3. The molecule has 0 amide bonds. The number of carbonyl (C=O) groups excluding carboxylic acids is 2. The van der Waals surface area contributed by atoms with Gasteiger partial charge in [0.1, 0.15) is 6.29 Å². The van der Waals surface area contributed by atoms with Crippen LogP contribution >= 0.6 is 0 Å². The highest BCUT2D eigenvalue weighted by atomic mass is 16.5. The fraction of sp³-hybridized carbons (Fsp3) is 0.667. The third-order valence-corrected chi connectivity index (χ3v) is 3.37. The molecule has 0 N–H and O–H groups in total. The van der Waals surface area contributed by atoms with Gasteiger partial charge < -0.3 is 9.53 Å². The van der Waals surface area contributed by atoms with Crippen LogP contribution in [0.15, 0.2) is 12.2 Å². The van der Waals surface area contributed by atoms with Crippen molar-refractivity contribution in [2.45, 2.75) is 32.8 Å². The molecule has 0 aromatic rings. The van der Waals surface area contributed by atoms with E-state index in [1.54, 1.807) is 0 Å². The molecular weight excluding hydrogens is 192 g/mol. The van der Waals surface area contributed by atoms with Crippen LogP contribution in [0.5, 0.6) is 0 Å². The number of aldehydes is 1.